The number of sulfonamides is 1. The highest BCUT2D eigenvalue weighted by Crippen LogP contribution is 2.21. The molecule has 152 valence electrons. The lowest BCUT2D eigenvalue weighted by atomic mass is 10.3. The zero-order chi connectivity index (χ0) is 20.5. The molecule has 0 atom stereocenters. The molecule has 28 heavy (non-hydrogen) atoms. The maximum atomic E-state index is 12.8. The molecule has 1 aliphatic heterocycles. The van der Waals surface area contributed by atoms with Crippen LogP contribution in [0.25, 0.3) is 0 Å². The van der Waals surface area contributed by atoms with Crippen LogP contribution in [0.5, 0.6) is 5.75 Å². The van der Waals surface area contributed by atoms with Crippen LogP contribution in [0.1, 0.15) is 22.7 Å². The minimum Gasteiger partial charge on any atom is -0.497 e. The summed E-state index contributed by atoms with van der Waals surface area (Å²) < 4.78 is 57.9. The molecule has 0 saturated carbocycles. The Labute approximate surface area is 161 Å². The van der Waals surface area contributed by atoms with E-state index >= 15 is 0 Å². The number of halogens is 2. The second-order valence-electron chi connectivity index (χ2n) is 6.27. The maximum Gasteiger partial charge on any atom is 0.333 e. The van der Waals surface area contributed by atoms with Gasteiger partial charge in [0.05, 0.1) is 12.0 Å². The first kappa shape index (κ1) is 20.2. The van der Waals surface area contributed by atoms with Gasteiger partial charge in [-0.2, -0.15) is 18.2 Å². The summed E-state index contributed by atoms with van der Waals surface area (Å²) in [5.74, 6) is 0.0527. The van der Waals surface area contributed by atoms with Crippen molar-refractivity contribution in [2.24, 2.45) is 0 Å². The first-order chi connectivity index (χ1) is 13.2. The molecule has 1 aliphatic rings. The third-order valence-electron chi connectivity index (χ3n) is 4.55. The van der Waals surface area contributed by atoms with Gasteiger partial charge in [-0.3, -0.25) is 4.79 Å². The summed E-state index contributed by atoms with van der Waals surface area (Å²) in [4.78, 5) is 14.1. The second kappa shape index (κ2) is 7.84. The van der Waals surface area contributed by atoms with Crippen molar-refractivity contribution in [3.8, 4) is 5.75 Å². The van der Waals surface area contributed by atoms with Gasteiger partial charge in [0.2, 0.25) is 10.0 Å². The van der Waals surface area contributed by atoms with Crippen molar-refractivity contribution in [1.82, 2.24) is 19.0 Å². The van der Waals surface area contributed by atoms with E-state index in [2.05, 4.69) is 5.10 Å². The summed E-state index contributed by atoms with van der Waals surface area (Å²) in [6.45, 7) is -0.879. The largest absolute Gasteiger partial charge is 0.497 e. The summed E-state index contributed by atoms with van der Waals surface area (Å²) in [6, 6.07) is 7.36. The lowest BCUT2D eigenvalue weighted by molar-refractivity contribution is 0.0527. The van der Waals surface area contributed by atoms with E-state index in [0.29, 0.717) is 10.4 Å². The van der Waals surface area contributed by atoms with E-state index in [1.807, 2.05) is 0 Å². The standard InChI is InChI=1S/C17H20F2N4O4S/c1-12-11-15(20-23(12)17(18)19)16(24)21-7-9-22(10-8-21)28(25,26)14-5-3-13(27-2)4-6-14/h3-6,11,17H,7-10H2,1-2H3. The van der Waals surface area contributed by atoms with Crippen LogP contribution in [0.3, 0.4) is 0 Å². The Balaban J connectivity index is 1.68. The van der Waals surface area contributed by atoms with E-state index in [1.165, 1.54) is 41.4 Å². The van der Waals surface area contributed by atoms with Gasteiger partial charge in [-0.15, -0.1) is 0 Å². The van der Waals surface area contributed by atoms with E-state index in [4.69, 9.17) is 4.74 Å². The van der Waals surface area contributed by atoms with Gasteiger partial charge in [0.25, 0.3) is 5.91 Å². The van der Waals surface area contributed by atoms with Crippen LogP contribution >= 0.6 is 0 Å². The molecular formula is C17H20F2N4O4S. The SMILES string of the molecule is COc1ccc(S(=O)(=O)N2CCN(C(=O)c3cc(C)n(C(F)F)n3)CC2)cc1. The Morgan fingerprint density at radius 3 is 2.25 bits per heavy atom. The Bertz CT molecular complexity index is 952. The molecule has 2 heterocycles. The molecule has 8 nitrogen and oxygen atoms in total. The van der Waals surface area contributed by atoms with E-state index in [-0.39, 0.29) is 42.5 Å². The van der Waals surface area contributed by atoms with Crippen LogP contribution in [0.2, 0.25) is 0 Å². The number of carbonyl (C=O) groups is 1. The van der Waals surface area contributed by atoms with E-state index < -0.39 is 22.5 Å². The van der Waals surface area contributed by atoms with Crippen molar-refractivity contribution in [1.29, 1.82) is 0 Å². The second-order valence-corrected chi connectivity index (χ2v) is 8.20. The average Bonchev–Trinajstić information content (AvgIpc) is 3.09. The van der Waals surface area contributed by atoms with Crippen LogP contribution in [0, 0.1) is 6.92 Å². The highest BCUT2D eigenvalue weighted by molar-refractivity contribution is 7.89. The number of benzene rings is 1. The van der Waals surface area contributed by atoms with Crippen LogP contribution < -0.4 is 4.74 Å². The number of amides is 1. The number of ether oxygens (including phenoxy) is 1. The predicted molar refractivity (Wildman–Crippen MR) is 95.9 cm³/mol. The van der Waals surface area contributed by atoms with Gasteiger partial charge in [0.1, 0.15) is 5.75 Å². The summed E-state index contributed by atoms with van der Waals surface area (Å²) in [6.07, 6.45) is 0. The molecule has 0 radical (unpaired) electrons. The number of alkyl halides is 2. The van der Waals surface area contributed by atoms with Crippen molar-refractivity contribution in [3.05, 3.63) is 41.7 Å². The fraction of sp³-hybridized carbons (Fsp3) is 0.412. The summed E-state index contributed by atoms with van der Waals surface area (Å²) in [5, 5.41) is 3.65. The van der Waals surface area contributed by atoms with E-state index in [1.54, 1.807) is 12.1 Å². The van der Waals surface area contributed by atoms with Crippen LogP contribution in [0.4, 0.5) is 8.78 Å². The van der Waals surface area contributed by atoms with Gasteiger partial charge in [-0.1, -0.05) is 0 Å². The highest BCUT2D eigenvalue weighted by Gasteiger charge is 2.31. The van der Waals surface area contributed by atoms with Crippen LogP contribution in [0.15, 0.2) is 35.2 Å². The summed E-state index contributed by atoms with van der Waals surface area (Å²) in [7, 11) is -2.20. The number of rotatable bonds is 5. The molecule has 0 spiro atoms. The third-order valence-corrected chi connectivity index (χ3v) is 6.46. The van der Waals surface area contributed by atoms with Gasteiger partial charge >= 0.3 is 6.55 Å². The number of hydrogen-bond donors (Lipinski definition) is 0. The molecule has 2 aromatic rings. The maximum absolute atomic E-state index is 12.8. The number of hydrogen-bond acceptors (Lipinski definition) is 5. The number of methoxy groups -OCH3 is 1. The summed E-state index contributed by atoms with van der Waals surface area (Å²) in [5.41, 5.74) is 0.100. The van der Waals surface area contributed by atoms with E-state index in [9.17, 15) is 22.0 Å². The van der Waals surface area contributed by atoms with E-state index in [0.717, 1.165) is 0 Å². The zero-order valence-electron chi connectivity index (χ0n) is 15.4. The lowest BCUT2D eigenvalue weighted by Crippen LogP contribution is -2.50. The van der Waals surface area contributed by atoms with Gasteiger partial charge in [-0.05, 0) is 37.3 Å². The molecule has 0 unspecified atom stereocenters. The Morgan fingerprint density at radius 1 is 1.14 bits per heavy atom. The molecule has 3 rings (SSSR count). The quantitative estimate of drug-likeness (QED) is 0.744. The molecular weight excluding hydrogens is 394 g/mol. The molecule has 1 aromatic heterocycles. The fourth-order valence-corrected chi connectivity index (χ4v) is 4.40. The topological polar surface area (TPSA) is 84.7 Å². The van der Waals surface area contributed by atoms with Crippen molar-refractivity contribution < 1.29 is 26.7 Å². The highest BCUT2D eigenvalue weighted by atomic mass is 32.2. The number of aromatic nitrogens is 2. The fourth-order valence-electron chi connectivity index (χ4n) is 2.98. The zero-order valence-corrected chi connectivity index (χ0v) is 16.2. The third kappa shape index (κ3) is 3.85. The Hall–Kier alpha value is -2.53. The molecule has 0 N–H and O–H groups in total. The first-order valence-electron chi connectivity index (χ1n) is 8.52. The normalized spacial score (nSPS) is 15.8. The van der Waals surface area contributed by atoms with Crippen LogP contribution in [-0.2, 0) is 10.0 Å². The van der Waals surface area contributed by atoms with Crippen molar-refractivity contribution in [3.63, 3.8) is 0 Å². The van der Waals surface area contributed by atoms with Crippen LogP contribution in [-0.4, -0.2) is 66.6 Å². The summed E-state index contributed by atoms with van der Waals surface area (Å²) >= 11 is 0. The smallest absolute Gasteiger partial charge is 0.333 e. The lowest BCUT2D eigenvalue weighted by Gasteiger charge is -2.33. The minimum atomic E-state index is -3.69. The molecule has 0 aliphatic carbocycles. The first-order valence-corrected chi connectivity index (χ1v) is 9.96. The molecule has 1 amide bonds. The van der Waals surface area contributed by atoms with Gasteiger partial charge < -0.3 is 9.64 Å². The van der Waals surface area contributed by atoms with Gasteiger partial charge in [0, 0.05) is 31.9 Å². The minimum absolute atomic E-state index is 0.0794. The predicted octanol–water partition coefficient (Wildman–Crippen LogP) is 1.74. The monoisotopic (exact) mass is 414 g/mol. The number of piperazine rings is 1. The number of carbonyl (C=O) groups excluding carboxylic acids is 1. The molecule has 1 fully saturated rings. The van der Waals surface area contributed by atoms with Gasteiger partial charge in [-0.25, -0.2) is 13.1 Å². The van der Waals surface area contributed by atoms with Crippen molar-refractivity contribution in [2.45, 2.75) is 18.4 Å². The van der Waals surface area contributed by atoms with Gasteiger partial charge in [0.15, 0.2) is 5.69 Å². The molecule has 1 saturated heterocycles. The molecule has 1 aromatic carbocycles. The molecule has 11 heteroatoms. The van der Waals surface area contributed by atoms with Crippen molar-refractivity contribution in [2.75, 3.05) is 33.3 Å². The number of aryl methyl sites for hydroxylation is 1. The molecule has 0 bridgehead atoms. The number of nitrogens with zero attached hydrogens (tertiary/aromatic N) is 4. The van der Waals surface area contributed by atoms with Crippen molar-refractivity contribution >= 4 is 15.9 Å². The average molecular weight is 414 g/mol. The Kier molecular flexibility index (Phi) is 5.66. The Morgan fingerprint density at radius 2 is 1.75 bits per heavy atom.